The molecule has 5 nitrogen and oxygen atoms in total. The second-order valence-corrected chi connectivity index (χ2v) is 6.10. The maximum absolute atomic E-state index is 11.8. The summed E-state index contributed by atoms with van der Waals surface area (Å²) in [5, 5.41) is 2.88. The normalized spacial score (nSPS) is 18.7. The third kappa shape index (κ3) is 3.00. The molecule has 1 aromatic rings. The van der Waals surface area contributed by atoms with Crippen LogP contribution in [0.2, 0.25) is 0 Å². The summed E-state index contributed by atoms with van der Waals surface area (Å²) >= 11 is 5.20. The highest BCUT2D eigenvalue weighted by Gasteiger charge is 2.23. The molecule has 0 atom stereocenters. The molecule has 0 bridgehead atoms. The molecule has 0 spiro atoms. The van der Waals surface area contributed by atoms with Crippen molar-refractivity contribution < 1.29 is 4.79 Å². The average molecular weight is 304 g/mol. The Kier molecular flexibility index (Phi) is 4.05. The summed E-state index contributed by atoms with van der Waals surface area (Å²) in [6.45, 7) is 1.82. The van der Waals surface area contributed by atoms with Crippen molar-refractivity contribution in [3.05, 3.63) is 22.9 Å². The van der Waals surface area contributed by atoms with Crippen molar-refractivity contribution in [2.45, 2.75) is 32.1 Å². The molecular weight excluding hydrogens is 284 g/mol. The second kappa shape index (κ2) is 5.97. The van der Waals surface area contributed by atoms with Crippen molar-refractivity contribution in [2.75, 3.05) is 24.5 Å². The van der Waals surface area contributed by atoms with Crippen LogP contribution in [-0.4, -0.2) is 35.5 Å². The smallest absolute Gasteiger partial charge is 0.239 e. The summed E-state index contributed by atoms with van der Waals surface area (Å²) < 4.78 is 0. The van der Waals surface area contributed by atoms with Crippen LogP contribution in [0, 0.1) is 0 Å². The van der Waals surface area contributed by atoms with E-state index in [2.05, 4.69) is 11.4 Å². The Hall–Kier alpha value is -1.69. The van der Waals surface area contributed by atoms with Crippen molar-refractivity contribution in [1.82, 2.24) is 10.3 Å². The van der Waals surface area contributed by atoms with Crippen LogP contribution < -0.4 is 16.0 Å². The molecule has 2 heterocycles. The lowest BCUT2D eigenvalue weighted by Crippen LogP contribution is -2.35. The van der Waals surface area contributed by atoms with Crippen molar-refractivity contribution in [1.29, 1.82) is 0 Å². The molecule has 1 aliphatic carbocycles. The topological polar surface area (TPSA) is 71.2 Å². The second-order valence-electron chi connectivity index (χ2n) is 5.66. The largest absolute Gasteiger partial charge is 0.389 e. The number of aromatic nitrogens is 1. The van der Waals surface area contributed by atoms with Gasteiger partial charge in [0.05, 0.1) is 12.1 Å². The zero-order chi connectivity index (χ0) is 14.8. The number of rotatable bonds is 2. The Bertz CT molecular complexity index is 587. The minimum atomic E-state index is 0.0286. The molecule has 3 N–H and O–H groups in total. The molecule has 1 aliphatic heterocycles. The van der Waals surface area contributed by atoms with Gasteiger partial charge in [-0.25, -0.2) is 4.98 Å². The van der Waals surface area contributed by atoms with Gasteiger partial charge in [0.25, 0.3) is 0 Å². The van der Waals surface area contributed by atoms with Gasteiger partial charge in [0.2, 0.25) is 5.91 Å². The van der Waals surface area contributed by atoms with Crippen LogP contribution in [0.5, 0.6) is 0 Å². The summed E-state index contributed by atoms with van der Waals surface area (Å²) in [5.74, 6) is 0.807. The standard InChI is InChI=1S/C15H20N4OS/c16-14(21)11-8-10-4-1-2-5-12(10)18-15(11)19-7-3-6-17-13(20)9-19/h8H,1-7,9H2,(H2,16,21)(H,17,20). The molecule has 0 unspecified atom stereocenters. The molecule has 112 valence electrons. The van der Waals surface area contributed by atoms with E-state index in [0.717, 1.165) is 42.9 Å². The maximum Gasteiger partial charge on any atom is 0.239 e. The molecule has 0 radical (unpaired) electrons. The molecule has 1 amide bonds. The molecule has 0 aromatic carbocycles. The first-order valence-corrected chi connectivity index (χ1v) is 7.90. The van der Waals surface area contributed by atoms with E-state index < -0.39 is 0 Å². The van der Waals surface area contributed by atoms with Crippen LogP contribution >= 0.6 is 12.2 Å². The van der Waals surface area contributed by atoms with Gasteiger partial charge in [0.1, 0.15) is 10.8 Å². The van der Waals surface area contributed by atoms with E-state index in [1.165, 1.54) is 18.4 Å². The van der Waals surface area contributed by atoms with E-state index in [1.807, 2.05) is 4.90 Å². The van der Waals surface area contributed by atoms with Gasteiger partial charge in [-0.2, -0.15) is 0 Å². The first-order valence-electron chi connectivity index (χ1n) is 7.49. The van der Waals surface area contributed by atoms with Gasteiger partial charge in [-0.15, -0.1) is 0 Å². The summed E-state index contributed by atoms with van der Waals surface area (Å²) in [4.78, 5) is 19.0. The number of nitrogens with one attached hydrogen (secondary N) is 1. The molecule has 1 saturated heterocycles. The van der Waals surface area contributed by atoms with Crippen molar-refractivity contribution >= 4 is 28.9 Å². The third-order valence-corrected chi connectivity index (χ3v) is 4.33. The van der Waals surface area contributed by atoms with Gasteiger partial charge in [0.15, 0.2) is 0 Å². The van der Waals surface area contributed by atoms with Crippen LogP contribution in [0.25, 0.3) is 0 Å². The summed E-state index contributed by atoms with van der Waals surface area (Å²) in [5.41, 5.74) is 9.09. The van der Waals surface area contributed by atoms with E-state index >= 15 is 0 Å². The molecule has 3 rings (SSSR count). The van der Waals surface area contributed by atoms with Crippen molar-refractivity contribution in [3.8, 4) is 0 Å². The number of carbonyl (C=O) groups is 1. The number of hydrogen-bond acceptors (Lipinski definition) is 4. The van der Waals surface area contributed by atoms with Crippen molar-refractivity contribution in [2.24, 2.45) is 5.73 Å². The van der Waals surface area contributed by atoms with Crippen LogP contribution in [0.15, 0.2) is 6.07 Å². The van der Waals surface area contributed by atoms with E-state index in [4.69, 9.17) is 22.9 Å². The highest BCUT2D eigenvalue weighted by atomic mass is 32.1. The van der Waals surface area contributed by atoms with E-state index in [0.29, 0.717) is 18.1 Å². The number of pyridine rings is 1. The quantitative estimate of drug-likeness (QED) is 0.795. The van der Waals surface area contributed by atoms with E-state index in [1.54, 1.807) is 0 Å². The fraction of sp³-hybridized carbons (Fsp3) is 0.533. The lowest BCUT2D eigenvalue weighted by atomic mass is 9.94. The Balaban J connectivity index is 2.02. The number of aryl methyl sites for hydroxylation is 2. The fourth-order valence-corrected chi connectivity index (χ4v) is 3.18. The first-order chi connectivity index (χ1) is 10.1. The average Bonchev–Trinajstić information content (AvgIpc) is 2.70. The van der Waals surface area contributed by atoms with Crippen molar-refractivity contribution in [3.63, 3.8) is 0 Å². The lowest BCUT2D eigenvalue weighted by Gasteiger charge is -2.26. The molecule has 21 heavy (non-hydrogen) atoms. The summed E-state index contributed by atoms with van der Waals surface area (Å²) in [6, 6.07) is 2.09. The van der Waals surface area contributed by atoms with Gasteiger partial charge < -0.3 is 16.0 Å². The van der Waals surface area contributed by atoms with Crippen LogP contribution in [0.3, 0.4) is 0 Å². The zero-order valence-corrected chi connectivity index (χ0v) is 12.8. The SMILES string of the molecule is NC(=S)c1cc2c(nc1N1CCCNC(=O)C1)CCCC2. The number of nitrogens with two attached hydrogens (primary N) is 1. The van der Waals surface area contributed by atoms with E-state index in [-0.39, 0.29) is 5.91 Å². The summed E-state index contributed by atoms with van der Waals surface area (Å²) in [7, 11) is 0. The lowest BCUT2D eigenvalue weighted by molar-refractivity contribution is -0.119. The number of anilines is 1. The van der Waals surface area contributed by atoms with Gasteiger partial charge >= 0.3 is 0 Å². The Morgan fingerprint density at radius 3 is 2.95 bits per heavy atom. The number of hydrogen-bond donors (Lipinski definition) is 2. The molecule has 6 heteroatoms. The van der Waals surface area contributed by atoms with Crippen LogP contribution in [0.4, 0.5) is 5.82 Å². The first kappa shape index (κ1) is 14.3. The molecule has 1 fully saturated rings. The number of nitrogens with zero attached hydrogens (tertiary/aromatic N) is 2. The van der Waals surface area contributed by atoms with Gasteiger partial charge in [-0.05, 0) is 43.7 Å². The fourth-order valence-electron chi connectivity index (χ4n) is 3.03. The minimum absolute atomic E-state index is 0.0286. The predicted octanol–water partition coefficient (Wildman–Crippen LogP) is 0.921. The summed E-state index contributed by atoms with van der Waals surface area (Å²) in [6.07, 6.45) is 5.31. The number of amides is 1. The minimum Gasteiger partial charge on any atom is -0.389 e. The van der Waals surface area contributed by atoms with Gasteiger partial charge in [0, 0.05) is 18.8 Å². The van der Waals surface area contributed by atoms with Gasteiger partial charge in [-0.3, -0.25) is 4.79 Å². The zero-order valence-electron chi connectivity index (χ0n) is 12.0. The molecule has 0 saturated carbocycles. The Labute approximate surface area is 129 Å². The number of thiocarbonyl (C=S) groups is 1. The van der Waals surface area contributed by atoms with Crippen LogP contribution in [-0.2, 0) is 17.6 Å². The third-order valence-electron chi connectivity index (χ3n) is 4.11. The van der Waals surface area contributed by atoms with E-state index in [9.17, 15) is 4.79 Å². The molecule has 2 aliphatic rings. The number of carbonyl (C=O) groups excluding carboxylic acids is 1. The highest BCUT2D eigenvalue weighted by molar-refractivity contribution is 7.80. The Morgan fingerprint density at radius 2 is 2.14 bits per heavy atom. The van der Waals surface area contributed by atoms with Crippen LogP contribution in [0.1, 0.15) is 36.1 Å². The van der Waals surface area contributed by atoms with Gasteiger partial charge in [-0.1, -0.05) is 12.2 Å². The number of fused-ring (bicyclic) bond motifs is 1. The predicted molar refractivity (Wildman–Crippen MR) is 86.6 cm³/mol. The highest BCUT2D eigenvalue weighted by Crippen LogP contribution is 2.27. The molecule has 1 aromatic heterocycles. The monoisotopic (exact) mass is 304 g/mol. The maximum atomic E-state index is 11.8. The molecular formula is C15H20N4OS. The Morgan fingerprint density at radius 1 is 1.33 bits per heavy atom.